The first kappa shape index (κ1) is 9.07. The molecule has 0 aliphatic rings. The Morgan fingerprint density at radius 1 is 1.75 bits per heavy atom. The summed E-state index contributed by atoms with van der Waals surface area (Å²) in [4.78, 5) is 11.3. The van der Waals surface area contributed by atoms with Crippen LogP contribution in [0.25, 0.3) is 0 Å². The Labute approximate surface area is 75.8 Å². The summed E-state index contributed by atoms with van der Waals surface area (Å²) in [5.41, 5.74) is 1.25. The van der Waals surface area contributed by atoms with E-state index in [1.807, 2.05) is 0 Å². The van der Waals surface area contributed by atoms with Gasteiger partial charge in [0.2, 0.25) is 5.22 Å². The standard InChI is InChI=1S/C9H9ClO2/c1-6(2)5-8(11)7-3-4-12-9(7)10/h3-4H,1,5H2,2H3. The van der Waals surface area contributed by atoms with Gasteiger partial charge in [-0.1, -0.05) is 12.2 Å². The van der Waals surface area contributed by atoms with Gasteiger partial charge < -0.3 is 4.42 Å². The zero-order valence-corrected chi connectivity index (χ0v) is 7.52. The number of carbonyl (C=O) groups excluding carboxylic acids is 1. The Bertz CT molecular complexity index is 312. The van der Waals surface area contributed by atoms with Crippen molar-refractivity contribution in [2.75, 3.05) is 0 Å². The lowest BCUT2D eigenvalue weighted by Crippen LogP contribution is -1.97. The zero-order chi connectivity index (χ0) is 9.14. The van der Waals surface area contributed by atoms with Crippen molar-refractivity contribution in [2.45, 2.75) is 13.3 Å². The number of Topliss-reactive ketones (excluding diaryl/α,β-unsaturated/α-hetero) is 1. The van der Waals surface area contributed by atoms with E-state index in [4.69, 9.17) is 16.0 Å². The fourth-order valence-electron chi connectivity index (χ4n) is 0.863. The Hall–Kier alpha value is -1.02. The average molecular weight is 185 g/mol. The number of hydrogen-bond acceptors (Lipinski definition) is 2. The van der Waals surface area contributed by atoms with Crippen LogP contribution in [0.3, 0.4) is 0 Å². The van der Waals surface area contributed by atoms with Crippen molar-refractivity contribution in [3.63, 3.8) is 0 Å². The normalized spacial score (nSPS) is 9.83. The maximum absolute atomic E-state index is 11.3. The molecule has 1 heterocycles. The van der Waals surface area contributed by atoms with E-state index in [0.29, 0.717) is 12.0 Å². The number of halogens is 1. The van der Waals surface area contributed by atoms with Gasteiger partial charge in [0.15, 0.2) is 5.78 Å². The minimum Gasteiger partial charge on any atom is -0.452 e. The van der Waals surface area contributed by atoms with Gasteiger partial charge in [-0.25, -0.2) is 0 Å². The van der Waals surface area contributed by atoms with Crippen LogP contribution in [0.4, 0.5) is 0 Å². The molecule has 1 aromatic rings. The maximum atomic E-state index is 11.3. The van der Waals surface area contributed by atoms with E-state index < -0.39 is 0 Å². The average Bonchev–Trinajstić information content (AvgIpc) is 2.33. The molecule has 2 nitrogen and oxygen atoms in total. The lowest BCUT2D eigenvalue weighted by Gasteiger charge is -1.95. The second-order valence-corrected chi connectivity index (χ2v) is 3.01. The summed E-state index contributed by atoms with van der Waals surface area (Å²) < 4.78 is 4.78. The van der Waals surface area contributed by atoms with Crippen molar-refractivity contribution >= 4 is 17.4 Å². The number of hydrogen-bond donors (Lipinski definition) is 0. The van der Waals surface area contributed by atoms with E-state index in [1.165, 1.54) is 6.26 Å². The summed E-state index contributed by atoms with van der Waals surface area (Å²) in [6.07, 6.45) is 1.72. The molecule has 0 radical (unpaired) electrons. The third kappa shape index (κ3) is 1.98. The third-order valence-electron chi connectivity index (χ3n) is 1.38. The minimum atomic E-state index is -0.0544. The van der Waals surface area contributed by atoms with E-state index in [9.17, 15) is 4.79 Å². The van der Waals surface area contributed by atoms with Gasteiger partial charge in [-0.2, -0.15) is 0 Å². The molecule has 0 aliphatic carbocycles. The van der Waals surface area contributed by atoms with Crippen molar-refractivity contribution in [1.82, 2.24) is 0 Å². The van der Waals surface area contributed by atoms with Gasteiger partial charge in [-0.05, 0) is 24.6 Å². The molecule has 0 saturated carbocycles. The number of allylic oxidation sites excluding steroid dienone is 1. The first-order valence-electron chi connectivity index (χ1n) is 3.52. The van der Waals surface area contributed by atoms with Gasteiger partial charge >= 0.3 is 0 Å². The van der Waals surface area contributed by atoms with Crippen LogP contribution < -0.4 is 0 Å². The van der Waals surface area contributed by atoms with E-state index in [-0.39, 0.29) is 11.0 Å². The van der Waals surface area contributed by atoms with Crippen LogP contribution in [0, 0.1) is 0 Å². The minimum absolute atomic E-state index is 0.0544. The quantitative estimate of drug-likeness (QED) is 0.534. The summed E-state index contributed by atoms with van der Waals surface area (Å²) in [5, 5.41) is 0.154. The van der Waals surface area contributed by atoms with Crippen molar-refractivity contribution in [3.8, 4) is 0 Å². The fourth-order valence-corrected chi connectivity index (χ4v) is 1.08. The Balaban J connectivity index is 2.78. The molecule has 0 spiro atoms. The highest BCUT2D eigenvalue weighted by Crippen LogP contribution is 2.19. The second kappa shape index (κ2) is 3.59. The van der Waals surface area contributed by atoms with Gasteiger partial charge in [0, 0.05) is 6.42 Å². The molecule has 0 saturated heterocycles. The van der Waals surface area contributed by atoms with E-state index in [1.54, 1.807) is 13.0 Å². The second-order valence-electron chi connectivity index (χ2n) is 2.67. The van der Waals surface area contributed by atoms with Crippen LogP contribution in [-0.2, 0) is 0 Å². The molecule has 0 N–H and O–H groups in total. The predicted octanol–water partition coefficient (Wildman–Crippen LogP) is 3.08. The number of carbonyl (C=O) groups is 1. The molecule has 3 heteroatoms. The molecule has 1 rings (SSSR count). The molecule has 64 valence electrons. The Morgan fingerprint density at radius 2 is 2.42 bits per heavy atom. The van der Waals surface area contributed by atoms with Crippen LogP contribution in [0.1, 0.15) is 23.7 Å². The SMILES string of the molecule is C=C(C)CC(=O)c1ccoc1Cl. The molecule has 0 fully saturated rings. The molecule has 0 bridgehead atoms. The Morgan fingerprint density at radius 3 is 2.83 bits per heavy atom. The van der Waals surface area contributed by atoms with Crippen molar-refractivity contribution in [2.24, 2.45) is 0 Å². The third-order valence-corrected chi connectivity index (χ3v) is 1.67. The lowest BCUT2D eigenvalue weighted by atomic mass is 10.1. The zero-order valence-electron chi connectivity index (χ0n) is 6.76. The summed E-state index contributed by atoms with van der Waals surface area (Å²) in [5.74, 6) is -0.0544. The van der Waals surface area contributed by atoms with Crippen LogP contribution >= 0.6 is 11.6 Å². The topological polar surface area (TPSA) is 30.2 Å². The van der Waals surface area contributed by atoms with Gasteiger partial charge in [-0.3, -0.25) is 4.79 Å². The summed E-state index contributed by atoms with van der Waals surface area (Å²) >= 11 is 5.60. The van der Waals surface area contributed by atoms with Gasteiger partial charge in [-0.15, -0.1) is 0 Å². The summed E-state index contributed by atoms with van der Waals surface area (Å²) in [6.45, 7) is 5.44. The van der Waals surface area contributed by atoms with Crippen molar-refractivity contribution < 1.29 is 9.21 Å². The first-order valence-corrected chi connectivity index (χ1v) is 3.89. The largest absolute Gasteiger partial charge is 0.452 e. The Kier molecular flexibility index (Phi) is 2.71. The molecular weight excluding hydrogens is 176 g/mol. The van der Waals surface area contributed by atoms with E-state index in [2.05, 4.69) is 6.58 Å². The highest BCUT2D eigenvalue weighted by molar-refractivity contribution is 6.32. The van der Waals surface area contributed by atoms with Crippen LogP contribution in [0.5, 0.6) is 0 Å². The van der Waals surface area contributed by atoms with Gasteiger partial charge in [0.1, 0.15) is 0 Å². The molecular formula is C9H9ClO2. The molecule has 0 amide bonds. The molecule has 0 unspecified atom stereocenters. The summed E-state index contributed by atoms with van der Waals surface area (Å²) in [6, 6.07) is 1.56. The van der Waals surface area contributed by atoms with Crippen molar-refractivity contribution in [1.29, 1.82) is 0 Å². The number of furan rings is 1. The van der Waals surface area contributed by atoms with Crippen LogP contribution in [-0.4, -0.2) is 5.78 Å². The lowest BCUT2D eigenvalue weighted by molar-refractivity contribution is 0.0993. The molecule has 12 heavy (non-hydrogen) atoms. The van der Waals surface area contributed by atoms with Crippen LogP contribution in [0.2, 0.25) is 5.22 Å². The maximum Gasteiger partial charge on any atom is 0.203 e. The summed E-state index contributed by atoms with van der Waals surface area (Å²) in [7, 11) is 0. The highest BCUT2D eigenvalue weighted by atomic mass is 35.5. The smallest absolute Gasteiger partial charge is 0.203 e. The molecule has 0 aromatic carbocycles. The fraction of sp³-hybridized carbons (Fsp3) is 0.222. The number of ketones is 1. The molecule has 0 aliphatic heterocycles. The number of rotatable bonds is 3. The monoisotopic (exact) mass is 184 g/mol. The van der Waals surface area contributed by atoms with Crippen LogP contribution in [0.15, 0.2) is 28.9 Å². The highest BCUT2D eigenvalue weighted by Gasteiger charge is 2.12. The van der Waals surface area contributed by atoms with Gasteiger partial charge in [0.05, 0.1) is 11.8 Å². The molecule has 0 atom stereocenters. The predicted molar refractivity (Wildman–Crippen MR) is 47.5 cm³/mol. The molecule has 1 aromatic heterocycles. The first-order chi connectivity index (χ1) is 5.61. The van der Waals surface area contributed by atoms with E-state index in [0.717, 1.165) is 5.57 Å². The van der Waals surface area contributed by atoms with E-state index >= 15 is 0 Å². The van der Waals surface area contributed by atoms with Crippen molar-refractivity contribution in [3.05, 3.63) is 35.3 Å². The van der Waals surface area contributed by atoms with Gasteiger partial charge in [0.25, 0.3) is 0 Å².